The molecule has 0 atom stereocenters. The van der Waals surface area contributed by atoms with Crippen molar-refractivity contribution in [1.29, 1.82) is 0 Å². The molecule has 3 heterocycles. The maximum Gasteiger partial charge on any atom is 0.261 e. The molecule has 5 aromatic rings. The number of methoxy groups -OCH3 is 2. The lowest BCUT2D eigenvalue weighted by molar-refractivity contribution is 0.0154. The van der Waals surface area contributed by atoms with E-state index in [4.69, 9.17) is 19.9 Å². The standard InChI is InChI=1S/C38H36F2N4O5/c1-38(12-14-49-15-13-38)22-44-20-30(23-4-7-26(39)8-5-23)35(45)31(21-44)37(46)43-27-9-10-28(32(40)18-27)29-16-25(19-42-36(29)41)24-6-11-33(47-2)34(17-24)48-3/h4-11,16-21H,12-15,22H2,1-3H3,(H2,41,42)(H,43,46). The van der Waals surface area contributed by atoms with Gasteiger partial charge in [0.2, 0.25) is 5.43 Å². The van der Waals surface area contributed by atoms with Gasteiger partial charge in [-0.1, -0.05) is 25.1 Å². The zero-order chi connectivity index (χ0) is 34.7. The Morgan fingerprint density at radius 1 is 0.898 bits per heavy atom. The highest BCUT2D eigenvalue weighted by molar-refractivity contribution is 6.04. The molecule has 3 N–H and O–H groups in total. The number of carbonyl (C=O) groups excluding carboxylic acids is 1. The van der Waals surface area contributed by atoms with Crippen LogP contribution in [0, 0.1) is 17.0 Å². The average Bonchev–Trinajstić information content (AvgIpc) is 3.09. The first kappa shape index (κ1) is 33.4. The molecule has 0 saturated carbocycles. The summed E-state index contributed by atoms with van der Waals surface area (Å²) in [5.41, 5.74) is 8.25. The lowest BCUT2D eigenvalue weighted by atomic mass is 9.82. The summed E-state index contributed by atoms with van der Waals surface area (Å²) in [4.78, 5) is 31.6. The lowest BCUT2D eigenvalue weighted by Gasteiger charge is -2.34. The van der Waals surface area contributed by atoms with Crippen molar-refractivity contribution in [3.8, 4) is 44.9 Å². The van der Waals surface area contributed by atoms with Crippen molar-refractivity contribution < 1.29 is 27.8 Å². The minimum atomic E-state index is -0.705. The molecule has 1 amide bonds. The predicted octanol–water partition coefficient (Wildman–Crippen LogP) is 7.19. The molecule has 1 saturated heterocycles. The third-order valence-corrected chi connectivity index (χ3v) is 8.90. The fourth-order valence-electron chi connectivity index (χ4n) is 6.06. The van der Waals surface area contributed by atoms with Gasteiger partial charge in [0.05, 0.1) is 14.2 Å². The summed E-state index contributed by atoms with van der Waals surface area (Å²) >= 11 is 0. The second-order valence-electron chi connectivity index (χ2n) is 12.4. The van der Waals surface area contributed by atoms with Gasteiger partial charge in [-0.25, -0.2) is 13.8 Å². The number of pyridine rings is 2. The molecule has 49 heavy (non-hydrogen) atoms. The van der Waals surface area contributed by atoms with Crippen molar-refractivity contribution in [3.05, 3.63) is 113 Å². The van der Waals surface area contributed by atoms with E-state index in [1.807, 2.05) is 10.6 Å². The molecule has 1 aliphatic rings. The molecule has 0 unspecified atom stereocenters. The van der Waals surface area contributed by atoms with Crippen LogP contribution in [0.3, 0.4) is 0 Å². The fraction of sp³-hybridized carbons (Fsp3) is 0.237. The van der Waals surface area contributed by atoms with E-state index in [9.17, 15) is 14.0 Å². The first-order valence-electron chi connectivity index (χ1n) is 15.7. The highest BCUT2D eigenvalue weighted by atomic mass is 19.1. The number of nitrogen functional groups attached to an aromatic ring is 1. The van der Waals surface area contributed by atoms with E-state index in [2.05, 4.69) is 17.2 Å². The second kappa shape index (κ2) is 13.9. The van der Waals surface area contributed by atoms with Gasteiger partial charge in [-0.05, 0) is 77.9 Å². The summed E-state index contributed by atoms with van der Waals surface area (Å²) in [6, 6.07) is 16.8. The van der Waals surface area contributed by atoms with Crippen LogP contribution >= 0.6 is 0 Å². The van der Waals surface area contributed by atoms with Crippen molar-refractivity contribution in [2.75, 3.05) is 38.5 Å². The number of nitrogens with one attached hydrogen (secondary N) is 1. The Morgan fingerprint density at radius 3 is 2.31 bits per heavy atom. The highest BCUT2D eigenvalue weighted by Gasteiger charge is 2.28. The number of benzene rings is 3. The molecular weight excluding hydrogens is 630 g/mol. The Bertz CT molecular complexity index is 2070. The molecular formula is C38H36F2N4O5. The lowest BCUT2D eigenvalue weighted by Crippen LogP contribution is -2.32. The predicted molar refractivity (Wildman–Crippen MR) is 185 cm³/mol. The average molecular weight is 667 g/mol. The maximum absolute atomic E-state index is 15.7. The van der Waals surface area contributed by atoms with Gasteiger partial charge >= 0.3 is 0 Å². The highest BCUT2D eigenvalue weighted by Crippen LogP contribution is 2.36. The zero-order valence-electron chi connectivity index (χ0n) is 27.4. The minimum absolute atomic E-state index is 0.118. The van der Waals surface area contributed by atoms with Crippen LogP contribution in [0.5, 0.6) is 11.5 Å². The summed E-state index contributed by atoms with van der Waals surface area (Å²) in [6.07, 6.45) is 6.42. The molecule has 252 valence electrons. The third kappa shape index (κ3) is 7.17. The molecule has 0 bridgehead atoms. The second-order valence-corrected chi connectivity index (χ2v) is 12.4. The van der Waals surface area contributed by atoms with E-state index < -0.39 is 23.0 Å². The van der Waals surface area contributed by atoms with Crippen LogP contribution in [0.15, 0.2) is 90.1 Å². The van der Waals surface area contributed by atoms with Crippen molar-refractivity contribution >= 4 is 17.4 Å². The Kier molecular flexibility index (Phi) is 9.46. The normalized spacial score (nSPS) is 13.9. The van der Waals surface area contributed by atoms with Gasteiger partial charge in [-0.2, -0.15) is 0 Å². The maximum atomic E-state index is 15.7. The van der Waals surface area contributed by atoms with Gasteiger partial charge in [0.25, 0.3) is 5.91 Å². The monoisotopic (exact) mass is 666 g/mol. The van der Waals surface area contributed by atoms with Crippen LogP contribution in [0.25, 0.3) is 33.4 Å². The first-order valence-corrected chi connectivity index (χ1v) is 15.7. The van der Waals surface area contributed by atoms with E-state index in [-0.39, 0.29) is 33.6 Å². The number of hydrogen-bond donors (Lipinski definition) is 2. The van der Waals surface area contributed by atoms with Crippen molar-refractivity contribution in [2.24, 2.45) is 5.41 Å². The molecule has 0 spiro atoms. The number of halogens is 2. The number of hydrogen-bond acceptors (Lipinski definition) is 7. The van der Waals surface area contributed by atoms with Crippen LogP contribution in [0.2, 0.25) is 0 Å². The quantitative estimate of drug-likeness (QED) is 0.171. The molecule has 0 radical (unpaired) electrons. The number of rotatable bonds is 9. The SMILES string of the molecule is COc1ccc(-c2cnc(N)c(-c3ccc(NC(=O)c4cn(CC5(C)CCOCC5)cc(-c5ccc(F)cc5)c4=O)cc3F)c2)cc1OC. The minimum Gasteiger partial charge on any atom is -0.493 e. The summed E-state index contributed by atoms with van der Waals surface area (Å²) in [6.45, 7) is 3.92. The molecule has 1 fully saturated rings. The van der Waals surface area contributed by atoms with E-state index in [0.29, 0.717) is 47.9 Å². The zero-order valence-corrected chi connectivity index (χ0v) is 27.4. The fourth-order valence-corrected chi connectivity index (χ4v) is 6.06. The van der Waals surface area contributed by atoms with Crippen molar-refractivity contribution in [1.82, 2.24) is 9.55 Å². The summed E-state index contributed by atoms with van der Waals surface area (Å²) in [5.74, 6) is -0.588. The first-order chi connectivity index (χ1) is 23.6. The van der Waals surface area contributed by atoms with Crippen molar-refractivity contribution in [2.45, 2.75) is 26.3 Å². The molecule has 0 aliphatic carbocycles. The number of anilines is 2. The van der Waals surface area contributed by atoms with Crippen LogP contribution in [-0.4, -0.2) is 42.9 Å². The number of ether oxygens (including phenoxy) is 3. The topological polar surface area (TPSA) is 118 Å². The number of nitrogens with zero attached hydrogens (tertiary/aromatic N) is 2. The summed E-state index contributed by atoms with van der Waals surface area (Å²) in [5, 5.41) is 2.68. The van der Waals surface area contributed by atoms with E-state index >= 15 is 4.39 Å². The van der Waals surface area contributed by atoms with Gasteiger partial charge in [0.15, 0.2) is 11.5 Å². The van der Waals surface area contributed by atoms with E-state index in [0.717, 1.165) is 18.4 Å². The number of amides is 1. The van der Waals surface area contributed by atoms with Gasteiger partial charge < -0.3 is 29.8 Å². The van der Waals surface area contributed by atoms with Crippen LogP contribution in [-0.2, 0) is 11.3 Å². The van der Waals surface area contributed by atoms with Gasteiger partial charge in [0, 0.05) is 66.3 Å². The van der Waals surface area contributed by atoms with E-state index in [1.165, 1.54) is 55.8 Å². The van der Waals surface area contributed by atoms with Crippen molar-refractivity contribution in [3.63, 3.8) is 0 Å². The molecule has 1 aliphatic heterocycles. The smallest absolute Gasteiger partial charge is 0.261 e. The summed E-state index contributed by atoms with van der Waals surface area (Å²) < 4.78 is 47.5. The molecule has 9 nitrogen and oxygen atoms in total. The number of carbonyl (C=O) groups is 1. The van der Waals surface area contributed by atoms with Crippen LogP contribution in [0.1, 0.15) is 30.1 Å². The Labute approximate surface area is 282 Å². The van der Waals surface area contributed by atoms with E-state index in [1.54, 1.807) is 37.7 Å². The number of nitrogens with two attached hydrogens (primary N) is 1. The third-order valence-electron chi connectivity index (χ3n) is 8.90. The largest absolute Gasteiger partial charge is 0.493 e. The Balaban J connectivity index is 1.30. The molecule has 3 aromatic carbocycles. The molecule has 6 rings (SSSR count). The Hall–Kier alpha value is -5.55. The Morgan fingerprint density at radius 2 is 1.61 bits per heavy atom. The van der Waals surface area contributed by atoms with Gasteiger partial charge in [-0.15, -0.1) is 0 Å². The molecule has 2 aromatic heterocycles. The van der Waals surface area contributed by atoms with Crippen LogP contribution in [0.4, 0.5) is 20.3 Å². The van der Waals surface area contributed by atoms with Gasteiger partial charge in [0.1, 0.15) is 23.0 Å². The number of aromatic nitrogens is 2. The summed E-state index contributed by atoms with van der Waals surface area (Å²) in [7, 11) is 3.08. The van der Waals surface area contributed by atoms with Crippen LogP contribution < -0.4 is 26.0 Å². The molecule has 11 heteroatoms. The van der Waals surface area contributed by atoms with Gasteiger partial charge in [-0.3, -0.25) is 9.59 Å².